The number of allylic oxidation sites excluding steroid dienone is 5. The zero-order valence-corrected chi connectivity index (χ0v) is 25.0. The maximum absolute atomic E-state index is 13.4. The number of carbonyl (C=O) groups is 4. The molecule has 0 aromatic heterocycles. The van der Waals surface area contributed by atoms with E-state index in [0.29, 0.717) is 12.0 Å². The first-order valence-electron chi connectivity index (χ1n) is 13.3. The molecule has 0 fully saturated rings. The second-order valence-corrected chi connectivity index (χ2v) is 10.2. The van der Waals surface area contributed by atoms with Crippen LogP contribution < -0.4 is 11.1 Å². The number of ketones is 2. The number of fused-ring (bicyclic) bond motifs is 2. The van der Waals surface area contributed by atoms with Crippen molar-refractivity contribution >= 4 is 23.6 Å². The molecule has 0 saturated carbocycles. The van der Waals surface area contributed by atoms with Crippen LogP contribution in [-0.2, 0) is 38.1 Å². The molecule has 2 aliphatic rings. The van der Waals surface area contributed by atoms with Gasteiger partial charge in [0.1, 0.15) is 6.10 Å². The minimum Gasteiger partial charge on any atom is -0.439 e. The summed E-state index contributed by atoms with van der Waals surface area (Å²) in [7, 11) is 6.05. The molecular formula is C30H42N2O9. The van der Waals surface area contributed by atoms with E-state index >= 15 is 0 Å². The van der Waals surface area contributed by atoms with E-state index in [-0.39, 0.29) is 28.7 Å². The van der Waals surface area contributed by atoms with Crippen molar-refractivity contribution in [3.63, 3.8) is 0 Å². The third-order valence-corrected chi connectivity index (χ3v) is 7.27. The van der Waals surface area contributed by atoms with Gasteiger partial charge in [-0.1, -0.05) is 38.2 Å². The van der Waals surface area contributed by atoms with Crippen LogP contribution in [0.1, 0.15) is 34.1 Å². The second kappa shape index (κ2) is 15.6. The molecule has 11 nitrogen and oxygen atoms in total. The van der Waals surface area contributed by atoms with Gasteiger partial charge in [-0.3, -0.25) is 14.4 Å². The van der Waals surface area contributed by atoms with Crippen LogP contribution >= 0.6 is 0 Å². The van der Waals surface area contributed by atoms with Crippen LogP contribution in [0.15, 0.2) is 58.9 Å². The Hall–Kier alpha value is -3.38. The summed E-state index contributed by atoms with van der Waals surface area (Å²) in [6.07, 6.45) is 5.11. The Kier molecular flexibility index (Phi) is 12.8. The predicted molar refractivity (Wildman–Crippen MR) is 152 cm³/mol. The SMILES string of the molecule is CO[C@H]1[C@@H](OC)C[C@H](C)[C@H](OC)C2=CC(=O)C=C(NC(=O)/C(C)=C\C=C\[C@@H](OC)[C@H](OC(N)=O)/C(C)=C/[C@@H]1C)C2=O. The summed E-state index contributed by atoms with van der Waals surface area (Å²) in [5, 5.41) is 2.54. The van der Waals surface area contributed by atoms with Crippen LogP contribution in [0, 0.1) is 11.8 Å². The van der Waals surface area contributed by atoms with Crippen molar-refractivity contribution in [1.29, 1.82) is 0 Å². The number of primary amides is 1. The van der Waals surface area contributed by atoms with Gasteiger partial charge in [-0.15, -0.1) is 0 Å². The number of nitrogens with two attached hydrogens (primary N) is 1. The molecule has 0 aromatic carbocycles. The normalized spacial score (nSPS) is 33.9. The summed E-state index contributed by atoms with van der Waals surface area (Å²) in [6.45, 7) is 7.17. The second-order valence-electron chi connectivity index (χ2n) is 10.2. The molecule has 0 radical (unpaired) electrons. The average molecular weight is 575 g/mol. The molecule has 226 valence electrons. The molecule has 1 heterocycles. The first kappa shape index (κ1) is 33.8. The van der Waals surface area contributed by atoms with Gasteiger partial charge in [0.15, 0.2) is 11.9 Å². The lowest BCUT2D eigenvalue weighted by Crippen LogP contribution is -2.41. The van der Waals surface area contributed by atoms with Gasteiger partial charge in [-0.2, -0.15) is 0 Å². The first-order chi connectivity index (χ1) is 19.4. The van der Waals surface area contributed by atoms with Gasteiger partial charge < -0.3 is 34.7 Å². The summed E-state index contributed by atoms with van der Waals surface area (Å²) >= 11 is 0. The van der Waals surface area contributed by atoms with Crippen LogP contribution in [0.25, 0.3) is 0 Å². The van der Waals surface area contributed by atoms with Crippen molar-refractivity contribution in [2.75, 3.05) is 28.4 Å². The number of hydrogen-bond donors (Lipinski definition) is 2. The van der Waals surface area contributed by atoms with Crippen LogP contribution in [0.3, 0.4) is 0 Å². The molecule has 7 atom stereocenters. The molecule has 41 heavy (non-hydrogen) atoms. The summed E-state index contributed by atoms with van der Waals surface area (Å²) < 4.78 is 28.4. The molecule has 2 amide bonds. The monoisotopic (exact) mass is 574 g/mol. The number of methoxy groups -OCH3 is 4. The van der Waals surface area contributed by atoms with Gasteiger partial charge in [-0.25, -0.2) is 4.79 Å². The molecule has 0 spiro atoms. The quantitative estimate of drug-likeness (QED) is 0.373. The highest BCUT2D eigenvalue weighted by molar-refractivity contribution is 6.22. The molecule has 0 aromatic rings. The van der Waals surface area contributed by atoms with E-state index in [1.54, 1.807) is 40.2 Å². The van der Waals surface area contributed by atoms with Crippen LogP contribution in [0.2, 0.25) is 0 Å². The van der Waals surface area contributed by atoms with E-state index in [4.69, 9.17) is 29.4 Å². The molecule has 3 N–H and O–H groups in total. The topological polar surface area (TPSA) is 152 Å². The van der Waals surface area contributed by atoms with Gasteiger partial charge in [0.2, 0.25) is 5.78 Å². The number of carbonyl (C=O) groups excluding carboxylic acids is 4. The smallest absolute Gasteiger partial charge is 0.405 e. The average Bonchev–Trinajstić information content (AvgIpc) is 2.91. The van der Waals surface area contributed by atoms with Gasteiger partial charge in [0.25, 0.3) is 5.91 Å². The minimum absolute atomic E-state index is 0.141. The fourth-order valence-electron chi connectivity index (χ4n) is 5.21. The van der Waals surface area contributed by atoms with Crippen molar-refractivity contribution < 1.29 is 42.9 Å². The first-order valence-corrected chi connectivity index (χ1v) is 13.3. The lowest BCUT2D eigenvalue weighted by molar-refractivity contribution is -0.120. The Bertz CT molecular complexity index is 1150. The van der Waals surface area contributed by atoms with E-state index in [9.17, 15) is 19.2 Å². The van der Waals surface area contributed by atoms with Crippen molar-refractivity contribution in [1.82, 2.24) is 5.32 Å². The fourth-order valence-corrected chi connectivity index (χ4v) is 5.21. The van der Waals surface area contributed by atoms with E-state index in [0.717, 1.165) is 6.08 Å². The van der Waals surface area contributed by atoms with Crippen molar-refractivity contribution in [2.24, 2.45) is 17.6 Å². The Balaban J connectivity index is 2.66. The standard InChI is InChI=1S/C30H42N2O9/c1-16-10-9-11-23(37-5)28(41-30(31)36)18(3)12-17(2)27(40-8)24(38-6)13-19(4)26(39-7)21-14-20(33)15-22(25(21)34)32-29(16)35/h9-12,14-15,17,19,23-24,26-28H,13H2,1-8H3,(H2,31,36)(H,32,35)/b11-9+,16-10-,18-12+/t17-,19-,23+,24-,26-,27+,28+/m0/s1. The Morgan fingerprint density at radius 1 is 0.951 bits per heavy atom. The molecule has 1 aliphatic carbocycles. The minimum atomic E-state index is -0.972. The number of hydrogen-bond acceptors (Lipinski definition) is 9. The number of rotatable bonds is 5. The molecule has 0 unspecified atom stereocenters. The van der Waals surface area contributed by atoms with Gasteiger partial charge in [-0.05, 0) is 37.8 Å². The van der Waals surface area contributed by atoms with Gasteiger partial charge in [0, 0.05) is 51.6 Å². The largest absolute Gasteiger partial charge is 0.439 e. The lowest BCUT2D eigenvalue weighted by atomic mass is 9.84. The maximum atomic E-state index is 13.4. The zero-order valence-electron chi connectivity index (χ0n) is 25.0. The summed E-state index contributed by atoms with van der Waals surface area (Å²) in [6, 6.07) is 0. The maximum Gasteiger partial charge on any atom is 0.405 e. The van der Waals surface area contributed by atoms with Crippen LogP contribution in [0.5, 0.6) is 0 Å². The van der Waals surface area contributed by atoms with Crippen molar-refractivity contribution in [3.05, 3.63) is 58.9 Å². The molecule has 11 heteroatoms. The number of amides is 2. The predicted octanol–water partition coefficient (Wildman–Crippen LogP) is 2.71. The summed E-state index contributed by atoms with van der Waals surface area (Å²) in [5.74, 6) is -2.04. The molecule has 2 bridgehead atoms. The van der Waals surface area contributed by atoms with Crippen molar-refractivity contribution in [2.45, 2.75) is 64.6 Å². The van der Waals surface area contributed by atoms with E-state index < -0.39 is 54.1 Å². The van der Waals surface area contributed by atoms with Crippen LogP contribution in [-0.4, -0.2) is 82.5 Å². The number of Topliss-reactive ketones (excluding diaryl/α,β-unsaturated/α-hetero) is 1. The Morgan fingerprint density at radius 3 is 2.20 bits per heavy atom. The lowest BCUT2D eigenvalue weighted by Gasteiger charge is -2.34. The zero-order chi connectivity index (χ0) is 30.9. The number of nitrogens with one attached hydrogen (secondary N) is 1. The molecule has 0 saturated heterocycles. The third-order valence-electron chi connectivity index (χ3n) is 7.27. The highest BCUT2D eigenvalue weighted by Crippen LogP contribution is 2.30. The van der Waals surface area contributed by atoms with Crippen molar-refractivity contribution in [3.8, 4) is 0 Å². The highest BCUT2D eigenvalue weighted by Gasteiger charge is 2.36. The van der Waals surface area contributed by atoms with Gasteiger partial charge in [0.05, 0.1) is 24.0 Å². The van der Waals surface area contributed by atoms with Crippen LogP contribution in [0.4, 0.5) is 4.79 Å². The van der Waals surface area contributed by atoms with E-state index in [2.05, 4.69) is 5.32 Å². The molecule has 2 rings (SSSR count). The van der Waals surface area contributed by atoms with Gasteiger partial charge >= 0.3 is 6.09 Å². The number of ether oxygens (including phenoxy) is 5. The van der Waals surface area contributed by atoms with E-state index in [1.807, 2.05) is 19.9 Å². The third kappa shape index (κ3) is 8.80. The summed E-state index contributed by atoms with van der Waals surface area (Å²) in [5.41, 5.74) is 6.29. The fraction of sp³-hybridized carbons (Fsp3) is 0.533. The Morgan fingerprint density at radius 2 is 1.63 bits per heavy atom. The highest BCUT2D eigenvalue weighted by atomic mass is 16.6. The molecular weight excluding hydrogens is 532 g/mol. The molecule has 1 aliphatic heterocycles. The summed E-state index contributed by atoms with van der Waals surface area (Å²) in [4.78, 5) is 50.6. The Labute approximate surface area is 241 Å². The van der Waals surface area contributed by atoms with E-state index in [1.165, 1.54) is 26.4 Å².